The minimum atomic E-state index is -0.515. The number of nitro benzene ring substituents is 1. The van der Waals surface area contributed by atoms with Crippen LogP contribution < -0.4 is 10.1 Å². The van der Waals surface area contributed by atoms with Crippen LogP contribution >= 0.6 is 23.2 Å². The highest BCUT2D eigenvalue weighted by Crippen LogP contribution is 2.32. The molecule has 0 spiro atoms. The first-order valence-corrected chi connectivity index (χ1v) is 8.35. The molecular weight excluding hydrogens is 395 g/mol. The van der Waals surface area contributed by atoms with Crippen molar-refractivity contribution in [2.45, 2.75) is 6.73 Å². The summed E-state index contributed by atoms with van der Waals surface area (Å²) in [6.07, 6.45) is 1.56. The molecule has 1 heterocycles. The van der Waals surface area contributed by atoms with Crippen molar-refractivity contribution < 1.29 is 14.5 Å². The number of halogens is 2. The predicted octanol–water partition coefficient (Wildman–Crippen LogP) is 4.39. The van der Waals surface area contributed by atoms with Crippen LogP contribution in [0.4, 0.5) is 11.4 Å². The lowest BCUT2D eigenvalue weighted by Crippen LogP contribution is -2.14. The third kappa shape index (κ3) is 4.55. The summed E-state index contributed by atoms with van der Waals surface area (Å²) >= 11 is 12.1. The molecule has 138 valence electrons. The molecule has 2 aromatic carbocycles. The third-order valence-corrected chi connectivity index (χ3v) is 4.06. The molecule has 0 aliphatic carbocycles. The smallest absolute Gasteiger partial charge is 0.276 e. The van der Waals surface area contributed by atoms with Crippen molar-refractivity contribution in [3.05, 3.63) is 80.6 Å². The Bertz CT molecular complexity index is 969. The standard InChI is InChI=1S/C17H12Cl2N4O4/c18-13-2-1-3-14(19)16(13)27-10-22-9-8-15(21-22)17(24)20-11-4-6-12(7-5-11)23(25)26/h1-9H,10H2,(H,20,24). The summed E-state index contributed by atoms with van der Waals surface area (Å²) in [5.74, 6) is -0.133. The number of hydrogen-bond donors (Lipinski definition) is 1. The van der Waals surface area contributed by atoms with Crippen molar-refractivity contribution in [1.82, 2.24) is 9.78 Å². The van der Waals surface area contributed by atoms with Crippen LogP contribution in [0, 0.1) is 10.1 Å². The summed E-state index contributed by atoms with van der Waals surface area (Å²) in [5.41, 5.74) is 0.508. The van der Waals surface area contributed by atoms with Crippen LogP contribution in [0.2, 0.25) is 10.0 Å². The van der Waals surface area contributed by atoms with Gasteiger partial charge in [-0.1, -0.05) is 29.3 Å². The molecule has 3 rings (SSSR count). The summed E-state index contributed by atoms with van der Waals surface area (Å²) in [4.78, 5) is 22.4. The molecule has 8 nitrogen and oxygen atoms in total. The van der Waals surface area contributed by atoms with E-state index >= 15 is 0 Å². The summed E-state index contributed by atoms with van der Waals surface area (Å²) in [6.45, 7) is 0.00820. The molecule has 0 aliphatic rings. The number of nitrogens with zero attached hydrogens (tertiary/aromatic N) is 3. The van der Waals surface area contributed by atoms with Gasteiger partial charge in [-0.05, 0) is 30.3 Å². The molecule has 10 heteroatoms. The summed E-state index contributed by atoms with van der Waals surface area (Å²) in [6, 6.07) is 12.0. The van der Waals surface area contributed by atoms with E-state index in [2.05, 4.69) is 10.4 Å². The summed E-state index contributed by atoms with van der Waals surface area (Å²) in [5, 5.41) is 18.1. The monoisotopic (exact) mass is 406 g/mol. The molecular formula is C17H12Cl2N4O4. The van der Waals surface area contributed by atoms with Crippen molar-refractivity contribution in [3.8, 4) is 5.75 Å². The zero-order valence-electron chi connectivity index (χ0n) is 13.6. The van der Waals surface area contributed by atoms with E-state index in [1.54, 1.807) is 24.4 Å². The number of nitro groups is 1. The van der Waals surface area contributed by atoms with Gasteiger partial charge in [-0.25, -0.2) is 4.68 Å². The number of carbonyl (C=O) groups is 1. The number of aromatic nitrogens is 2. The van der Waals surface area contributed by atoms with Gasteiger partial charge >= 0.3 is 0 Å². The van der Waals surface area contributed by atoms with Crippen LogP contribution in [0.25, 0.3) is 0 Å². The first-order chi connectivity index (χ1) is 12.9. The number of amides is 1. The number of nitrogens with one attached hydrogen (secondary N) is 1. The molecule has 1 amide bonds. The fourth-order valence-electron chi connectivity index (χ4n) is 2.17. The summed E-state index contributed by atoms with van der Waals surface area (Å²) in [7, 11) is 0. The molecule has 0 saturated heterocycles. The van der Waals surface area contributed by atoms with E-state index in [-0.39, 0.29) is 18.1 Å². The normalized spacial score (nSPS) is 10.4. The zero-order chi connectivity index (χ0) is 19.4. The SMILES string of the molecule is O=C(Nc1ccc([N+](=O)[O-])cc1)c1ccn(COc2c(Cl)cccc2Cl)n1. The quantitative estimate of drug-likeness (QED) is 0.483. The lowest BCUT2D eigenvalue weighted by atomic mass is 10.3. The van der Waals surface area contributed by atoms with Gasteiger partial charge in [0.15, 0.2) is 18.2 Å². The van der Waals surface area contributed by atoms with E-state index in [4.69, 9.17) is 27.9 Å². The maximum Gasteiger partial charge on any atom is 0.276 e. The molecule has 27 heavy (non-hydrogen) atoms. The van der Waals surface area contributed by atoms with Crippen molar-refractivity contribution >= 4 is 40.5 Å². The Labute approximate surface area is 163 Å². The number of para-hydroxylation sites is 1. The molecule has 0 bridgehead atoms. The van der Waals surface area contributed by atoms with Crippen LogP contribution in [0.5, 0.6) is 5.75 Å². The minimum Gasteiger partial charge on any atom is -0.468 e. The molecule has 0 atom stereocenters. The fourth-order valence-corrected chi connectivity index (χ4v) is 2.67. The molecule has 1 aromatic heterocycles. The molecule has 0 saturated carbocycles. The second-order valence-electron chi connectivity index (χ2n) is 5.32. The van der Waals surface area contributed by atoms with Crippen molar-refractivity contribution in [2.24, 2.45) is 0 Å². The second-order valence-corrected chi connectivity index (χ2v) is 6.14. The van der Waals surface area contributed by atoms with Gasteiger partial charge in [0, 0.05) is 24.0 Å². The summed E-state index contributed by atoms with van der Waals surface area (Å²) < 4.78 is 6.95. The lowest BCUT2D eigenvalue weighted by molar-refractivity contribution is -0.384. The molecule has 0 unspecified atom stereocenters. The minimum absolute atomic E-state index is 0.00820. The third-order valence-electron chi connectivity index (χ3n) is 3.47. The Morgan fingerprint density at radius 2 is 1.81 bits per heavy atom. The maximum atomic E-state index is 12.2. The van der Waals surface area contributed by atoms with Crippen LogP contribution in [0.3, 0.4) is 0 Å². The predicted molar refractivity (Wildman–Crippen MR) is 100 cm³/mol. The Morgan fingerprint density at radius 1 is 1.15 bits per heavy atom. The van der Waals surface area contributed by atoms with E-state index in [0.717, 1.165) is 0 Å². The Balaban J connectivity index is 1.63. The molecule has 1 N–H and O–H groups in total. The van der Waals surface area contributed by atoms with Crippen LogP contribution in [-0.4, -0.2) is 20.6 Å². The molecule has 0 radical (unpaired) electrons. The van der Waals surface area contributed by atoms with Crippen molar-refractivity contribution in [1.29, 1.82) is 0 Å². The lowest BCUT2D eigenvalue weighted by Gasteiger charge is -2.09. The van der Waals surface area contributed by atoms with Crippen LogP contribution in [-0.2, 0) is 6.73 Å². The number of carbonyl (C=O) groups excluding carboxylic acids is 1. The van der Waals surface area contributed by atoms with Gasteiger partial charge in [0.2, 0.25) is 0 Å². The number of anilines is 1. The highest BCUT2D eigenvalue weighted by molar-refractivity contribution is 6.37. The topological polar surface area (TPSA) is 99.3 Å². The first-order valence-electron chi connectivity index (χ1n) is 7.60. The maximum absolute atomic E-state index is 12.2. The second kappa shape index (κ2) is 8.07. The van der Waals surface area contributed by atoms with Gasteiger partial charge < -0.3 is 10.1 Å². The fraction of sp³-hybridized carbons (Fsp3) is 0.0588. The zero-order valence-corrected chi connectivity index (χ0v) is 15.1. The molecule has 0 fully saturated rings. The Kier molecular flexibility index (Phi) is 5.58. The number of benzene rings is 2. The van der Waals surface area contributed by atoms with Crippen LogP contribution in [0.15, 0.2) is 54.7 Å². The van der Waals surface area contributed by atoms with Gasteiger partial charge in [-0.3, -0.25) is 14.9 Å². The van der Waals surface area contributed by atoms with Gasteiger partial charge in [-0.15, -0.1) is 0 Å². The molecule has 3 aromatic rings. The first kappa shape index (κ1) is 18.7. The number of non-ortho nitro benzene ring substituents is 1. The highest BCUT2D eigenvalue weighted by Gasteiger charge is 2.12. The average Bonchev–Trinajstić information content (AvgIpc) is 3.11. The number of hydrogen-bond acceptors (Lipinski definition) is 5. The van der Waals surface area contributed by atoms with Crippen molar-refractivity contribution in [2.75, 3.05) is 5.32 Å². The van der Waals surface area contributed by atoms with E-state index in [9.17, 15) is 14.9 Å². The highest BCUT2D eigenvalue weighted by atomic mass is 35.5. The largest absolute Gasteiger partial charge is 0.468 e. The van der Waals surface area contributed by atoms with E-state index in [1.165, 1.54) is 35.0 Å². The molecule has 0 aliphatic heterocycles. The Hall–Kier alpha value is -3.10. The van der Waals surface area contributed by atoms with Gasteiger partial charge in [0.25, 0.3) is 11.6 Å². The van der Waals surface area contributed by atoms with Gasteiger partial charge in [-0.2, -0.15) is 5.10 Å². The van der Waals surface area contributed by atoms with E-state index in [1.807, 2.05) is 0 Å². The van der Waals surface area contributed by atoms with Crippen molar-refractivity contribution in [3.63, 3.8) is 0 Å². The number of rotatable bonds is 6. The van der Waals surface area contributed by atoms with Crippen LogP contribution in [0.1, 0.15) is 10.5 Å². The number of ether oxygens (including phenoxy) is 1. The Morgan fingerprint density at radius 3 is 2.44 bits per heavy atom. The van der Waals surface area contributed by atoms with E-state index in [0.29, 0.717) is 21.5 Å². The van der Waals surface area contributed by atoms with Gasteiger partial charge in [0.1, 0.15) is 0 Å². The van der Waals surface area contributed by atoms with Gasteiger partial charge in [0.05, 0.1) is 15.0 Å². The average molecular weight is 407 g/mol. The van der Waals surface area contributed by atoms with E-state index < -0.39 is 10.8 Å².